The Hall–Kier alpha value is -1.47. The first kappa shape index (κ1) is 17.6. The molecule has 0 spiro atoms. The van der Waals surface area contributed by atoms with Gasteiger partial charge in [-0.25, -0.2) is 0 Å². The Kier molecular flexibility index (Phi) is 5.86. The SMILES string of the molecule is CN(CC(F)(F)F)C(=O)CNC(=O)c1ccc(Cl)c(Cl)c1. The van der Waals surface area contributed by atoms with Crippen LogP contribution >= 0.6 is 23.2 Å². The van der Waals surface area contributed by atoms with Crippen LogP contribution in [-0.4, -0.2) is 43.0 Å². The highest BCUT2D eigenvalue weighted by Crippen LogP contribution is 2.22. The summed E-state index contributed by atoms with van der Waals surface area (Å²) in [7, 11) is 1.00. The number of hydrogen-bond acceptors (Lipinski definition) is 2. The molecular formula is C12H11Cl2F3N2O2. The van der Waals surface area contributed by atoms with Gasteiger partial charge >= 0.3 is 6.18 Å². The van der Waals surface area contributed by atoms with Crippen molar-refractivity contribution in [2.45, 2.75) is 6.18 Å². The monoisotopic (exact) mass is 342 g/mol. The van der Waals surface area contributed by atoms with Gasteiger partial charge in [0.1, 0.15) is 6.54 Å². The lowest BCUT2D eigenvalue weighted by atomic mass is 10.2. The van der Waals surface area contributed by atoms with Crippen molar-refractivity contribution < 1.29 is 22.8 Å². The van der Waals surface area contributed by atoms with E-state index in [0.717, 1.165) is 7.05 Å². The third-order valence-electron chi connectivity index (χ3n) is 2.42. The molecule has 1 N–H and O–H groups in total. The molecule has 1 aromatic carbocycles. The fourth-order valence-corrected chi connectivity index (χ4v) is 1.69. The number of amides is 2. The Morgan fingerprint density at radius 3 is 2.38 bits per heavy atom. The fraction of sp³-hybridized carbons (Fsp3) is 0.333. The van der Waals surface area contributed by atoms with E-state index in [1.807, 2.05) is 0 Å². The van der Waals surface area contributed by atoms with Gasteiger partial charge in [0.15, 0.2) is 0 Å². The first-order valence-corrected chi connectivity index (χ1v) is 6.39. The molecule has 2 amide bonds. The lowest BCUT2D eigenvalue weighted by Crippen LogP contribution is -2.42. The Bertz CT molecular complexity index is 550. The van der Waals surface area contributed by atoms with Crippen molar-refractivity contribution in [3.05, 3.63) is 33.8 Å². The summed E-state index contributed by atoms with van der Waals surface area (Å²) in [6.45, 7) is -1.93. The van der Waals surface area contributed by atoms with E-state index in [9.17, 15) is 22.8 Å². The molecule has 0 aliphatic heterocycles. The molecule has 0 aromatic heterocycles. The second-order valence-electron chi connectivity index (χ2n) is 4.18. The van der Waals surface area contributed by atoms with Crippen LogP contribution in [0.3, 0.4) is 0 Å². The topological polar surface area (TPSA) is 49.4 Å². The normalized spacial score (nSPS) is 11.1. The van der Waals surface area contributed by atoms with Crippen LogP contribution in [0.25, 0.3) is 0 Å². The van der Waals surface area contributed by atoms with E-state index < -0.39 is 31.1 Å². The lowest BCUT2D eigenvalue weighted by molar-refractivity contribution is -0.157. The van der Waals surface area contributed by atoms with Crippen molar-refractivity contribution in [1.82, 2.24) is 10.2 Å². The molecule has 1 rings (SSSR count). The van der Waals surface area contributed by atoms with Crippen LogP contribution in [0, 0.1) is 0 Å². The highest BCUT2D eigenvalue weighted by Gasteiger charge is 2.31. The maximum absolute atomic E-state index is 12.1. The van der Waals surface area contributed by atoms with Gasteiger partial charge in [-0.05, 0) is 18.2 Å². The standard InChI is InChI=1S/C12H11Cl2F3N2O2/c1-19(6-12(15,16)17)10(20)5-18-11(21)7-2-3-8(13)9(14)4-7/h2-4H,5-6H2,1H3,(H,18,21). The minimum absolute atomic E-state index is 0.149. The molecule has 0 fully saturated rings. The van der Waals surface area contributed by atoms with E-state index in [0.29, 0.717) is 4.90 Å². The minimum atomic E-state index is -4.49. The van der Waals surface area contributed by atoms with Crippen LogP contribution in [0.4, 0.5) is 13.2 Å². The van der Waals surface area contributed by atoms with Crippen molar-refractivity contribution in [2.75, 3.05) is 20.1 Å². The quantitative estimate of drug-likeness (QED) is 0.914. The molecule has 0 atom stereocenters. The second-order valence-corrected chi connectivity index (χ2v) is 4.99. The third-order valence-corrected chi connectivity index (χ3v) is 3.16. The van der Waals surface area contributed by atoms with Crippen LogP contribution in [0.15, 0.2) is 18.2 Å². The predicted molar refractivity (Wildman–Crippen MR) is 72.5 cm³/mol. The van der Waals surface area contributed by atoms with Gasteiger partial charge in [-0.1, -0.05) is 23.2 Å². The van der Waals surface area contributed by atoms with E-state index >= 15 is 0 Å². The number of nitrogens with zero attached hydrogens (tertiary/aromatic N) is 1. The average Bonchev–Trinajstić information content (AvgIpc) is 2.36. The summed E-state index contributed by atoms with van der Waals surface area (Å²) >= 11 is 11.4. The number of nitrogens with one attached hydrogen (secondary N) is 1. The predicted octanol–water partition coefficient (Wildman–Crippen LogP) is 2.74. The first-order chi connectivity index (χ1) is 9.60. The summed E-state index contributed by atoms with van der Waals surface area (Å²) in [4.78, 5) is 23.6. The summed E-state index contributed by atoms with van der Waals surface area (Å²) in [6, 6.07) is 4.08. The summed E-state index contributed by atoms with van der Waals surface area (Å²) in [5.74, 6) is -1.50. The zero-order valence-corrected chi connectivity index (χ0v) is 12.3. The molecule has 0 saturated heterocycles. The number of carbonyl (C=O) groups is 2. The first-order valence-electron chi connectivity index (χ1n) is 5.64. The molecule has 0 bridgehead atoms. The third kappa shape index (κ3) is 5.81. The van der Waals surface area contributed by atoms with Gasteiger partial charge in [-0.3, -0.25) is 9.59 Å². The molecule has 0 saturated carbocycles. The molecule has 116 valence electrons. The molecule has 0 heterocycles. The van der Waals surface area contributed by atoms with Crippen LogP contribution in [0.5, 0.6) is 0 Å². The Labute approximate surface area is 128 Å². The Morgan fingerprint density at radius 1 is 1.24 bits per heavy atom. The maximum atomic E-state index is 12.1. The molecule has 0 unspecified atom stereocenters. The molecule has 0 aliphatic rings. The highest BCUT2D eigenvalue weighted by molar-refractivity contribution is 6.42. The number of hydrogen-bond donors (Lipinski definition) is 1. The van der Waals surface area contributed by atoms with Crippen molar-refractivity contribution in [3.8, 4) is 0 Å². The van der Waals surface area contributed by atoms with Crippen molar-refractivity contribution in [2.24, 2.45) is 0 Å². The second kappa shape index (κ2) is 7.00. The average molecular weight is 343 g/mol. The van der Waals surface area contributed by atoms with Crippen LogP contribution in [0.2, 0.25) is 10.0 Å². The number of likely N-dealkylation sites (N-methyl/N-ethyl adjacent to an activating group) is 1. The van der Waals surface area contributed by atoms with Gasteiger partial charge in [-0.15, -0.1) is 0 Å². The van der Waals surface area contributed by atoms with E-state index in [1.165, 1.54) is 18.2 Å². The summed E-state index contributed by atoms with van der Waals surface area (Å²) < 4.78 is 36.3. The van der Waals surface area contributed by atoms with E-state index in [2.05, 4.69) is 5.32 Å². The molecule has 0 aliphatic carbocycles. The number of alkyl halides is 3. The largest absolute Gasteiger partial charge is 0.406 e. The van der Waals surface area contributed by atoms with Gasteiger partial charge in [0.05, 0.1) is 16.6 Å². The van der Waals surface area contributed by atoms with Gasteiger partial charge in [-0.2, -0.15) is 13.2 Å². The lowest BCUT2D eigenvalue weighted by Gasteiger charge is -2.19. The number of halogens is 5. The summed E-state index contributed by atoms with van der Waals surface area (Å²) in [5, 5.41) is 2.63. The van der Waals surface area contributed by atoms with Gasteiger partial charge in [0, 0.05) is 12.6 Å². The molecule has 21 heavy (non-hydrogen) atoms. The number of rotatable bonds is 4. The maximum Gasteiger partial charge on any atom is 0.406 e. The van der Waals surface area contributed by atoms with Crippen molar-refractivity contribution >= 4 is 35.0 Å². The van der Waals surface area contributed by atoms with Gasteiger partial charge in [0.25, 0.3) is 5.91 Å². The van der Waals surface area contributed by atoms with Crippen molar-refractivity contribution in [1.29, 1.82) is 0 Å². The van der Waals surface area contributed by atoms with Crippen LogP contribution in [0.1, 0.15) is 10.4 Å². The van der Waals surface area contributed by atoms with Crippen molar-refractivity contribution in [3.63, 3.8) is 0 Å². The minimum Gasteiger partial charge on any atom is -0.343 e. The van der Waals surface area contributed by atoms with E-state index in [1.54, 1.807) is 0 Å². The molecular weight excluding hydrogens is 332 g/mol. The smallest absolute Gasteiger partial charge is 0.343 e. The van der Waals surface area contributed by atoms with Gasteiger partial charge < -0.3 is 10.2 Å². The number of benzene rings is 1. The summed E-state index contributed by atoms with van der Waals surface area (Å²) in [6.07, 6.45) is -4.49. The molecule has 9 heteroatoms. The van der Waals surface area contributed by atoms with E-state index in [-0.39, 0.29) is 15.6 Å². The number of carbonyl (C=O) groups excluding carboxylic acids is 2. The van der Waals surface area contributed by atoms with Gasteiger partial charge in [0.2, 0.25) is 5.91 Å². The molecule has 4 nitrogen and oxygen atoms in total. The Balaban J connectivity index is 2.56. The highest BCUT2D eigenvalue weighted by atomic mass is 35.5. The fourth-order valence-electron chi connectivity index (χ4n) is 1.39. The zero-order chi connectivity index (χ0) is 16.2. The van der Waals surface area contributed by atoms with Crippen LogP contribution < -0.4 is 5.32 Å². The summed E-state index contributed by atoms with van der Waals surface area (Å²) in [5.41, 5.74) is 0.149. The Morgan fingerprint density at radius 2 is 1.86 bits per heavy atom. The molecule has 0 radical (unpaired) electrons. The van der Waals surface area contributed by atoms with Crippen LogP contribution in [-0.2, 0) is 4.79 Å². The van der Waals surface area contributed by atoms with E-state index in [4.69, 9.17) is 23.2 Å². The molecule has 1 aromatic rings. The zero-order valence-electron chi connectivity index (χ0n) is 10.8.